The first-order valence-corrected chi connectivity index (χ1v) is 15.5. The second-order valence-corrected chi connectivity index (χ2v) is 13.9. The highest BCUT2D eigenvalue weighted by Crippen LogP contribution is 2.44. The SMILES string of the molecule is COC[C@]1(C)CCN(c2ccc([C@H](N(C)C(=O)C3CCS(=N)(=O)CC3)C(F)(F)F)cc2)c2cnc3cc(Cl)nn3c21. The van der Waals surface area contributed by atoms with Crippen molar-refractivity contribution in [1.82, 2.24) is 19.5 Å². The van der Waals surface area contributed by atoms with Gasteiger partial charge < -0.3 is 14.5 Å². The van der Waals surface area contributed by atoms with Crippen LogP contribution >= 0.6 is 11.6 Å². The van der Waals surface area contributed by atoms with Crippen LogP contribution in [-0.2, 0) is 24.7 Å². The molecular formula is C27H32ClF3N6O3S. The molecule has 1 N–H and O–H groups in total. The lowest BCUT2D eigenvalue weighted by Crippen LogP contribution is -2.44. The minimum atomic E-state index is -4.71. The van der Waals surface area contributed by atoms with Gasteiger partial charge in [0.25, 0.3) is 0 Å². The van der Waals surface area contributed by atoms with Crippen molar-refractivity contribution in [2.45, 2.75) is 43.8 Å². The highest BCUT2D eigenvalue weighted by molar-refractivity contribution is 7.92. The van der Waals surface area contributed by atoms with Gasteiger partial charge >= 0.3 is 6.18 Å². The van der Waals surface area contributed by atoms with Crippen molar-refractivity contribution in [3.05, 3.63) is 52.9 Å². The number of halogens is 4. The second kappa shape index (κ2) is 10.7. The molecule has 2 aliphatic rings. The fourth-order valence-electron chi connectivity index (χ4n) is 6.03. The summed E-state index contributed by atoms with van der Waals surface area (Å²) in [5.41, 5.74) is 2.37. The Morgan fingerprint density at radius 3 is 2.56 bits per heavy atom. The number of carbonyl (C=O) groups excluding carboxylic acids is 1. The quantitative estimate of drug-likeness (QED) is 0.403. The number of nitrogens with one attached hydrogen (secondary N) is 1. The fourth-order valence-corrected chi connectivity index (χ4v) is 7.73. The molecule has 0 spiro atoms. The molecule has 0 saturated carbocycles. The zero-order chi connectivity index (χ0) is 29.7. The van der Waals surface area contributed by atoms with E-state index >= 15 is 0 Å². The van der Waals surface area contributed by atoms with E-state index in [-0.39, 0.29) is 29.9 Å². The average molecular weight is 613 g/mol. The van der Waals surface area contributed by atoms with E-state index in [9.17, 15) is 22.2 Å². The van der Waals surface area contributed by atoms with E-state index in [1.165, 1.54) is 12.1 Å². The van der Waals surface area contributed by atoms with E-state index < -0.39 is 39.2 Å². The summed E-state index contributed by atoms with van der Waals surface area (Å²) in [5.74, 6) is -1.29. The first-order valence-electron chi connectivity index (χ1n) is 13.2. The molecule has 1 aromatic carbocycles. The molecule has 0 radical (unpaired) electrons. The van der Waals surface area contributed by atoms with Crippen LogP contribution in [0.1, 0.15) is 43.5 Å². The topological polar surface area (TPSA) is 104 Å². The number of amides is 1. The summed E-state index contributed by atoms with van der Waals surface area (Å²) in [6, 6.07) is 5.55. The lowest BCUT2D eigenvalue weighted by atomic mass is 9.80. The molecule has 1 amide bonds. The molecule has 2 atom stereocenters. The van der Waals surface area contributed by atoms with Crippen molar-refractivity contribution >= 4 is 44.3 Å². The Morgan fingerprint density at radius 2 is 1.95 bits per heavy atom. The van der Waals surface area contributed by atoms with Crippen LogP contribution in [-0.4, -0.2) is 74.6 Å². The lowest BCUT2D eigenvalue weighted by molar-refractivity contribution is -0.190. The summed E-state index contributed by atoms with van der Waals surface area (Å²) in [6.07, 6.45) is -2.02. The molecule has 0 unspecified atom stereocenters. The standard InChI is InChI=1S/C27H32ClF3N6O3S/c1-26(16-40-3)10-11-36(20-15-33-22-14-21(28)34-37(22)24(20)26)19-6-4-17(5-7-19)23(27(29,30)31)35(2)25(38)18-8-12-41(32,39)13-9-18/h4-7,14-15,18,23,32H,8-13,16H2,1-3H3/t18?,23-,26-,41?/m0/s1. The summed E-state index contributed by atoms with van der Waals surface area (Å²) in [4.78, 5) is 20.3. The van der Waals surface area contributed by atoms with Crippen LogP contribution in [0.25, 0.3) is 5.65 Å². The molecule has 5 rings (SSSR count). The molecule has 1 fully saturated rings. The van der Waals surface area contributed by atoms with Gasteiger partial charge in [0.2, 0.25) is 5.91 Å². The number of benzene rings is 1. The van der Waals surface area contributed by atoms with Crippen LogP contribution < -0.4 is 4.90 Å². The van der Waals surface area contributed by atoms with Crippen molar-refractivity contribution in [3.8, 4) is 0 Å². The molecular weight excluding hydrogens is 581 g/mol. The third-order valence-corrected chi connectivity index (χ3v) is 10.1. The first-order chi connectivity index (χ1) is 19.2. The molecule has 1 saturated heterocycles. The Hall–Kier alpha value is -2.90. The molecule has 41 heavy (non-hydrogen) atoms. The Labute approximate surface area is 241 Å². The van der Waals surface area contributed by atoms with Gasteiger partial charge in [-0.1, -0.05) is 30.7 Å². The maximum atomic E-state index is 14.3. The molecule has 0 aliphatic carbocycles. The Kier molecular flexibility index (Phi) is 7.75. The molecule has 3 aromatic rings. The second-order valence-electron chi connectivity index (χ2n) is 11.1. The highest BCUT2D eigenvalue weighted by Gasteiger charge is 2.47. The van der Waals surface area contributed by atoms with E-state index in [2.05, 4.69) is 17.0 Å². The minimum absolute atomic E-state index is 0.0231. The number of carbonyl (C=O) groups is 1. The van der Waals surface area contributed by atoms with Crippen molar-refractivity contribution in [2.24, 2.45) is 5.92 Å². The number of rotatable bonds is 6. The van der Waals surface area contributed by atoms with Gasteiger partial charge in [-0.05, 0) is 37.0 Å². The van der Waals surface area contributed by atoms with Crippen LogP contribution in [0, 0.1) is 10.7 Å². The zero-order valence-electron chi connectivity index (χ0n) is 22.9. The highest BCUT2D eigenvalue weighted by atomic mass is 35.5. The van der Waals surface area contributed by atoms with Crippen molar-refractivity contribution in [3.63, 3.8) is 0 Å². The summed E-state index contributed by atoms with van der Waals surface area (Å²) in [6.45, 7) is 3.06. The normalized spacial score (nSPS) is 25.6. The molecule has 14 heteroatoms. The monoisotopic (exact) mass is 612 g/mol. The first kappa shape index (κ1) is 29.6. The van der Waals surface area contributed by atoms with Gasteiger partial charge in [-0.2, -0.15) is 18.3 Å². The van der Waals surface area contributed by atoms with E-state index in [1.54, 1.807) is 36.0 Å². The zero-order valence-corrected chi connectivity index (χ0v) is 24.5. The number of alkyl halides is 3. The van der Waals surface area contributed by atoms with E-state index in [0.717, 1.165) is 23.3 Å². The third-order valence-electron chi connectivity index (χ3n) is 8.15. The Bertz CT molecular complexity index is 1550. The fraction of sp³-hybridized carbons (Fsp3) is 0.519. The van der Waals surface area contributed by atoms with Crippen molar-refractivity contribution in [2.75, 3.05) is 43.7 Å². The molecule has 2 aromatic heterocycles. The maximum absolute atomic E-state index is 14.3. The summed E-state index contributed by atoms with van der Waals surface area (Å²) in [7, 11) is 0.0321. The van der Waals surface area contributed by atoms with Crippen LogP contribution in [0.5, 0.6) is 0 Å². The Balaban J connectivity index is 1.46. The van der Waals surface area contributed by atoms with Gasteiger partial charge in [-0.3, -0.25) is 9.57 Å². The molecule has 9 nitrogen and oxygen atoms in total. The minimum Gasteiger partial charge on any atom is -0.384 e. The molecule has 222 valence electrons. The van der Waals surface area contributed by atoms with Crippen molar-refractivity contribution < 1.29 is 26.9 Å². The number of ether oxygens (including phenoxy) is 1. The van der Waals surface area contributed by atoms with Gasteiger partial charge in [-0.25, -0.2) is 13.7 Å². The van der Waals surface area contributed by atoms with Crippen molar-refractivity contribution in [1.29, 1.82) is 4.78 Å². The smallest absolute Gasteiger partial charge is 0.384 e. The van der Waals surface area contributed by atoms with E-state index in [0.29, 0.717) is 36.1 Å². The number of hydrogen-bond donors (Lipinski definition) is 1. The predicted molar refractivity (Wildman–Crippen MR) is 150 cm³/mol. The van der Waals surface area contributed by atoms with Gasteiger partial charge in [0.05, 0.1) is 24.2 Å². The van der Waals surface area contributed by atoms with Gasteiger partial charge in [0.15, 0.2) is 16.8 Å². The number of hydrogen-bond acceptors (Lipinski definition) is 7. The third kappa shape index (κ3) is 5.63. The largest absolute Gasteiger partial charge is 0.413 e. The maximum Gasteiger partial charge on any atom is 0.413 e. The number of aromatic nitrogens is 3. The molecule has 0 bridgehead atoms. The number of nitrogens with zero attached hydrogens (tertiary/aromatic N) is 5. The number of anilines is 2. The van der Waals surface area contributed by atoms with Crippen LogP contribution in [0.15, 0.2) is 36.5 Å². The van der Waals surface area contributed by atoms with E-state index in [4.69, 9.17) is 21.1 Å². The molecule has 2 aliphatic heterocycles. The number of fused-ring (bicyclic) bond motifs is 3. The summed E-state index contributed by atoms with van der Waals surface area (Å²) >= 11 is 6.18. The van der Waals surface area contributed by atoms with Gasteiger partial charge in [-0.15, -0.1) is 0 Å². The molecule has 4 heterocycles. The van der Waals surface area contributed by atoms with Crippen LogP contribution in [0.3, 0.4) is 0 Å². The van der Waals surface area contributed by atoms with Crippen LogP contribution in [0.4, 0.5) is 24.5 Å². The van der Waals surface area contributed by atoms with Gasteiger partial charge in [0.1, 0.15) is 0 Å². The summed E-state index contributed by atoms with van der Waals surface area (Å²) < 4.78 is 70.0. The Morgan fingerprint density at radius 1 is 1.29 bits per heavy atom. The van der Waals surface area contributed by atoms with E-state index in [1.807, 2.05) is 4.90 Å². The number of methoxy groups -OCH3 is 1. The average Bonchev–Trinajstić information content (AvgIpc) is 3.28. The summed E-state index contributed by atoms with van der Waals surface area (Å²) in [5, 5.41) is 4.72. The lowest BCUT2D eigenvalue weighted by Gasteiger charge is -2.41. The van der Waals surface area contributed by atoms with Crippen LogP contribution in [0.2, 0.25) is 5.15 Å². The predicted octanol–water partition coefficient (Wildman–Crippen LogP) is 5.35. The van der Waals surface area contributed by atoms with Gasteiger partial charge in [0, 0.05) is 65.0 Å².